The summed E-state index contributed by atoms with van der Waals surface area (Å²) in [5.74, 6) is -0.279. The fourth-order valence-corrected chi connectivity index (χ4v) is 3.24. The van der Waals surface area contributed by atoms with E-state index in [-0.39, 0.29) is 24.8 Å². The molecule has 0 radical (unpaired) electrons. The van der Waals surface area contributed by atoms with Gasteiger partial charge >= 0.3 is 0 Å². The minimum atomic E-state index is -0.141. The summed E-state index contributed by atoms with van der Waals surface area (Å²) in [6.07, 6.45) is 0.192. The summed E-state index contributed by atoms with van der Waals surface area (Å²) >= 11 is 6.35. The van der Waals surface area contributed by atoms with Gasteiger partial charge in [-0.15, -0.1) is 0 Å². The number of amides is 2. The lowest BCUT2D eigenvalue weighted by Crippen LogP contribution is -2.32. The zero-order chi connectivity index (χ0) is 18.6. The number of carbonyl (C=O) groups is 2. The second kappa shape index (κ2) is 8.17. The Labute approximate surface area is 153 Å². The van der Waals surface area contributed by atoms with Crippen molar-refractivity contribution >= 4 is 34.8 Å². The third kappa shape index (κ3) is 4.83. The quantitative estimate of drug-likeness (QED) is 0.845. The van der Waals surface area contributed by atoms with Crippen molar-refractivity contribution in [3.63, 3.8) is 0 Å². The SMILES string of the molecule is CC(=O)N(CCC(=O)Nc1ccccc1C)c1c(C)cc(C)cc1Cl. The van der Waals surface area contributed by atoms with Gasteiger partial charge in [0.1, 0.15) is 0 Å². The molecule has 0 aliphatic rings. The summed E-state index contributed by atoms with van der Waals surface area (Å²) < 4.78 is 0. The maximum Gasteiger partial charge on any atom is 0.226 e. The molecule has 0 aliphatic heterocycles. The van der Waals surface area contributed by atoms with E-state index in [1.54, 1.807) is 4.90 Å². The van der Waals surface area contributed by atoms with Gasteiger partial charge in [-0.1, -0.05) is 35.9 Å². The molecule has 0 heterocycles. The number of aryl methyl sites for hydroxylation is 3. The lowest BCUT2D eigenvalue weighted by Gasteiger charge is -2.24. The number of hydrogen-bond acceptors (Lipinski definition) is 2. The first-order chi connectivity index (χ1) is 11.8. The van der Waals surface area contributed by atoms with Gasteiger partial charge in [0.05, 0.1) is 10.7 Å². The van der Waals surface area contributed by atoms with Gasteiger partial charge in [0.15, 0.2) is 0 Å². The van der Waals surface area contributed by atoms with Crippen LogP contribution in [0.5, 0.6) is 0 Å². The molecule has 0 fully saturated rings. The molecule has 2 rings (SSSR count). The smallest absolute Gasteiger partial charge is 0.226 e. The first kappa shape index (κ1) is 19.0. The Morgan fingerprint density at radius 1 is 1.08 bits per heavy atom. The van der Waals surface area contributed by atoms with E-state index < -0.39 is 0 Å². The van der Waals surface area contributed by atoms with Crippen LogP contribution in [-0.2, 0) is 9.59 Å². The van der Waals surface area contributed by atoms with Crippen molar-refractivity contribution in [3.05, 3.63) is 58.1 Å². The minimum Gasteiger partial charge on any atom is -0.326 e. The topological polar surface area (TPSA) is 49.4 Å². The number of halogens is 1. The number of hydrogen-bond donors (Lipinski definition) is 1. The van der Waals surface area contributed by atoms with Gasteiger partial charge in [0.25, 0.3) is 0 Å². The summed E-state index contributed by atoms with van der Waals surface area (Å²) in [5, 5.41) is 3.40. The second-order valence-electron chi connectivity index (χ2n) is 6.20. The van der Waals surface area contributed by atoms with Gasteiger partial charge in [-0.2, -0.15) is 0 Å². The van der Waals surface area contributed by atoms with Crippen molar-refractivity contribution in [3.8, 4) is 0 Å². The second-order valence-corrected chi connectivity index (χ2v) is 6.60. The van der Waals surface area contributed by atoms with Crippen LogP contribution in [-0.4, -0.2) is 18.4 Å². The lowest BCUT2D eigenvalue weighted by atomic mass is 10.1. The van der Waals surface area contributed by atoms with Crippen molar-refractivity contribution in [2.24, 2.45) is 0 Å². The van der Waals surface area contributed by atoms with Crippen LogP contribution in [0.3, 0.4) is 0 Å². The molecule has 2 aromatic carbocycles. The monoisotopic (exact) mass is 358 g/mol. The van der Waals surface area contributed by atoms with E-state index in [0.717, 1.165) is 22.4 Å². The first-order valence-electron chi connectivity index (χ1n) is 8.20. The van der Waals surface area contributed by atoms with Gasteiger partial charge < -0.3 is 10.2 Å². The maximum absolute atomic E-state index is 12.3. The summed E-state index contributed by atoms with van der Waals surface area (Å²) in [6.45, 7) is 7.56. The van der Waals surface area contributed by atoms with Crippen LogP contribution in [0.2, 0.25) is 5.02 Å². The Morgan fingerprint density at radius 3 is 2.36 bits per heavy atom. The Balaban J connectivity index is 2.12. The third-order valence-electron chi connectivity index (χ3n) is 4.03. The molecule has 0 bridgehead atoms. The molecule has 2 aromatic rings. The average molecular weight is 359 g/mol. The van der Waals surface area contributed by atoms with E-state index in [0.29, 0.717) is 10.7 Å². The van der Waals surface area contributed by atoms with Crippen LogP contribution >= 0.6 is 11.6 Å². The standard InChI is InChI=1S/C20H23ClN2O2/c1-13-11-15(3)20(17(21)12-13)23(16(4)24)10-9-19(25)22-18-8-6-5-7-14(18)2/h5-8,11-12H,9-10H2,1-4H3,(H,22,25). The highest BCUT2D eigenvalue weighted by molar-refractivity contribution is 6.34. The summed E-state index contributed by atoms with van der Waals surface area (Å²) in [5.41, 5.74) is 4.40. The van der Waals surface area contributed by atoms with Crippen LogP contribution in [0, 0.1) is 20.8 Å². The molecule has 132 valence electrons. The predicted octanol–water partition coefficient (Wildman–Crippen LogP) is 4.65. The Kier molecular flexibility index (Phi) is 6.21. The molecule has 0 saturated heterocycles. The summed E-state index contributed by atoms with van der Waals surface area (Å²) in [7, 11) is 0. The molecular weight excluding hydrogens is 336 g/mol. The average Bonchev–Trinajstić information content (AvgIpc) is 2.51. The molecule has 2 amide bonds. The third-order valence-corrected chi connectivity index (χ3v) is 4.32. The van der Waals surface area contributed by atoms with E-state index >= 15 is 0 Å². The highest BCUT2D eigenvalue weighted by Crippen LogP contribution is 2.31. The molecule has 0 saturated carbocycles. The zero-order valence-electron chi connectivity index (χ0n) is 15.0. The molecule has 0 atom stereocenters. The van der Waals surface area contributed by atoms with Crippen LogP contribution in [0.25, 0.3) is 0 Å². The van der Waals surface area contributed by atoms with Crippen LogP contribution in [0.1, 0.15) is 30.0 Å². The van der Waals surface area contributed by atoms with E-state index in [1.165, 1.54) is 6.92 Å². The summed E-state index contributed by atoms with van der Waals surface area (Å²) in [6, 6.07) is 11.4. The van der Waals surface area contributed by atoms with Crippen LogP contribution < -0.4 is 10.2 Å². The minimum absolute atomic E-state index is 0.138. The van der Waals surface area contributed by atoms with Gasteiger partial charge in [-0.05, 0) is 49.6 Å². The van der Waals surface area contributed by atoms with E-state index in [9.17, 15) is 9.59 Å². The van der Waals surface area contributed by atoms with E-state index in [4.69, 9.17) is 11.6 Å². The highest BCUT2D eigenvalue weighted by atomic mass is 35.5. The number of nitrogens with zero attached hydrogens (tertiary/aromatic N) is 1. The molecule has 0 spiro atoms. The molecular formula is C20H23ClN2O2. The molecule has 0 unspecified atom stereocenters. The predicted molar refractivity (Wildman–Crippen MR) is 103 cm³/mol. The number of anilines is 2. The molecule has 25 heavy (non-hydrogen) atoms. The largest absolute Gasteiger partial charge is 0.326 e. The van der Waals surface area contributed by atoms with Crippen LogP contribution in [0.4, 0.5) is 11.4 Å². The number of nitrogens with one attached hydrogen (secondary N) is 1. The number of benzene rings is 2. The normalized spacial score (nSPS) is 10.4. The molecule has 4 nitrogen and oxygen atoms in total. The lowest BCUT2D eigenvalue weighted by molar-refractivity contribution is -0.117. The Morgan fingerprint density at radius 2 is 1.76 bits per heavy atom. The van der Waals surface area contributed by atoms with E-state index in [2.05, 4.69) is 5.32 Å². The Hall–Kier alpha value is -2.33. The first-order valence-corrected chi connectivity index (χ1v) is 8.57. The molecule has 1 N–H and O–H groups in total. The van der Waals surface area contributed by atoms with Gasteiger partial charge in [-0.25, -0.2) is 0 Å². The fraction of sp³-hybridized carbons (Fsp3) is 0.300. The molecule has 5 heteroatoms. The number of para-hydroxylation sites is 1. The van der Waals surface area contributed by atoms with Crippen LogP contribution in [0.15, 0.2) is 36.4 Å². The summed E-state index contributed by atoms with van der Waals surface area (Å²) in [4.78, 5) is 25.9. The van der Waals surface area contributed by atoms with Gasteiger partial charge in [0.2, 0.25) is 11.8 Å². The van der Waals surface area contributed by atoms with Crippen molar-refractivity contribution in [1.29, 1.82) is 0 Å². The van der Waals surface area contributed by atoms with Crippen molar-refractivity contribution in [2.75, 3.05) is 16.8 Å². The zero-order valence-corrected chi connectivity index (χ0v) is 15.8. The number of carbonyl (C=O) groups excluding carboxylic acids is 2. The Bertz CT molecular complexity index is 779. The maximum atomic E-state index is 12.3. The molecule has 0 aliphatic carbocycles. The highest BCUT2D eigenvalue weighted by Gasteiger charge is 2.19. The van der Waals surface area contributed by atoms with Crippen molar-refractivity contribution in [2.45, 2.75) is 34.1 Å². The van der Waals surface area contributed by atoms with Gasteiger partial charge in [0, 0.05) is 25.6 Å². The van der Waals surface area contributed by atoms with Crippen molar-refractivity contribution in [1.82, 2.24) is 0 Å². The molecule has 0 aromatic heterocycles. The van der Waals surface area contributed by atoms with Gasteiger partial charge in [-0.3, -0.25) is 9.59 Å². The fourth-order valence-electron chi connectivity index (χ4n) is 2.82. The van der Waals surface area contributed by atoms with Crippen molar-refractivity contribution < 1.29 is 9.59 Å². The number of rotatable bonds is 5. The van der Waals surface area contributed by atoms with E-state index in [1.807, 2.05) is 57.2 Å².